The summed E-state index contributed by atoms with van der Waals surface area (Å²) in [5.74, 6) is -0.0679. The van der Waals surface area contributed by atoms with Gasteiger partial charge in [-0.25, -0.2) is 18.4 Å². The first-order valence-electron chi connectivity index (χ1n) is 4.84. The Morgan fingerprint density at radius 1 is 1.21 bits per heavy atom. The van der Waals surface area contributed by atoms with Crippen LogP contribution in [0.15, 0.2) is 40.0 Å². The summed E-state index contributed by atoms with van der Waals surface area (Å²) < 4.78 is 27.1. The summed E-state index contributed by atoms with van der Waals surface area (Å²) in [6, 6.07) is 6.23. The van der Waals surface area contributed by atoms with E-state index >= 15 is 0 Å². The molecule has 2 aromatic rings. The smallest absolute Gasteiger partial charge is 0.262 e. The Balaban J connectivity index is 2.39. The minimum atomic E-state index is -3.79. The van der Waals surface area contributed by atoms with E-state index in [4.69, 9.17) is 23.2 Å². The molecule has 0 fully saturated rings. The Labute approximate surface area is 128 Å². The first-order valence-corrected chi connectivity index (χ1v) is 7.88. The number of aromatic nitrogens is 2. The van der Waals surface area contributed by atoms with E-state index in [9.17, 15) is 8.42 Å². The molecule has 19 heavy (non-hydrogen) atoms. The van der Waals surface area contributed by atoms with Crippen molar-refractivity contribution in [1.29, 1.82) is 0 Å². The fraction of sp³-hybridized carbons (Fsp3) is 0. The second-order valence-electron chi connectivity index (χ2n) is 3.39. The van der Waals surface area contributed by atoms with Gasteiger partial charge in [0.2, 0.25) is 0 Å². The van der Waals surface area contributed by atoms with Crippen molar-refractivity contribution >= 4 is 55.0 Å². The van der Waals surface area contributed by atoms with E-state index in [-0.39, 0.29) is 20.9 Å². The van der Waals surface area contributed by atoms with Crippen LogP contribution in [0.2, 0.25) is 10.2 Å². The molecule has 0 amide bonds. The third-order valence-electron chi connectivity index (χ3n) is 2.08. The molecule has 0 radical (unpaired) electrons. The van der Waals surface area contributed by atoms with Crippen molar-refractivity contribution in [3.63, 3.8) is 0 Å². The van der Waals surface area contributed by atoms with Crippen LogP contribution in [0.4, 0.5) is 5.82 Å². The quantitative estimate of drug-likeness (QED) is 0.826. The summed E-state index contributed by atoms with van der Waals surface area (Å²) in [5, 5.41) is -0.0775. The third kappa shape index (κ3) is 3.36. The normalized spacial score (nSPS) is 11.3. The molecule has 0 aliphatic carbocycles. The number of nitrogens with one attached hydrogen (secondary N) is 1. The molecule has 100 valence electrons. The lowest BCUT2D eigenvalue weighted by Crippen LogP contribution is -2.14. The number of rotatable bonds is 3. The minimum absolute atomic E-state index is 0.0244. The van der Waals surface area contributed by atoms with Crippen LogP contribution in [-0.2, 0) is 10.0 Å². The fourth-order valence-electron chi connectivity index (χ4n) is 1.24. The predicted octanol–water partition coefficient (Wildman–Crippen LogP) is 3.35. The zero-order valence-electron chi connectivity index (χ0n) is 9.14. The van der Waals surface area contributed by atoms with E-state index in [1.54, 1.807) is 12.1 Å². The summed E-state index contributed by atoms with van der Waals surface area (Å²) >= 11 is 14.7. The second kappa shape index (κ2) is 5.62. The Bertz CT molecular complexity index is 724. The Kier molecular flexibility index (Phi) is 4.29. The molecular formula is C10H6BrCl2N3O2S. The van der Waals surface area contributed by atoms with Crippen LogP contribution in [0.3, 0.4) is 0 Å². The Hall–Kier alpha value is -0.890. The van der Waals surface area contributed by atoms with Crippen molar-refractivity contribution in [1.82, 2.24) is 9.97 Å². The van der Waals surface area contributed by atoms with E-state index in [1.807, 2.05) is 0 Å². The highest BCUT2D eigenvalue weighted by atomic mass is 79.9. The van der Waals surface area contributed by atoms with Gasteiger partial charge >= 0.3 is 0 Å². The van der Waals surface area contributed by atoms with E-state index in [2.05, 4.69) is 30.6 Å². The molecule has 1 aromatic heterocycles. The van der Waals surface area contributed by atoms with Crippen molar-refractivity contribution in [2.45, 2.75) is 4.90 Å². The maximum atomic E-state index is 12.1. The first kappa shape index (κ1) is 14.5. The molecule has 0 saturated heterocycles. The van der Waals surface area contributed by atoms with Gasteiger partial charge in [0.05, 0.1) is 4.90 Å². The van der Waals surface area contributed by atoms with Gasteiger partial charge in [0.1, 0.15) is 11.3 Å². The number of halogens is 3. The van der Waals surface area contributed by atoms with Crippen molar-refractivity contribution < 1.29 is 8.42 Å². The molecule has 0 aliphatic rings. The number of nitrogens with zero attached hydrogens (tertiary/aromatic N) is 2. The Morgan fingerprint density at radius 2 is 1.95 bits per heavy atom. The van der Waals surface area contributed by atoms with Crippen LogP contribution >= 0.6 is 39.1 Å². The van der Waals surface area contributed by atoms with Crippen LogP contribution in [0.25, 0.3) is 0 Å². The topological polar surface area (TPSA) is 72.0 Å². The Morgan fingerprint density at radius 3 is 2.63 bits per heavy atom. The van der Waals surface area contributed by atoms with E-state index in [0.29, 0.717) is 4.47 Å². The van der Waals surface area contributed by atoms with Crippen molar-refractivity contribution in [3.8, 4) is 0 Å². The molecule has 0 bridgehead atoms. The van der Waals surface area contributed by atoms with Crippen LogP contribution in [0, 0.1) is 0 Å². The predicted molar refractivity (Wildman–Crippen MR) is 77.0 cm³/mol. The molecule has 9 heteroatoms. The van der Waals surface area contributed by atoms with Crippen LogP contribution in [0.1, 0.15) is 0 Å². The van der Waals surface area contributed by atoms with Gasteiger partial charge in [0.25, 0.3) is 10.0 Å². The molecule has 0 spiro atoms. The lowest BCUT2D eigenvalue weighted by Gasteiger charge is -2.09. The molecule has 1 aromatic carbocycles. The fourth-order valence-corrected chi connectivity index (χ4v) is 3.19. The SMILES string of the molecule is O=S(=O)(Nc1ncnc(Cl)c1Cl)c1cccc(Br)c1. The van der Waals surface area contributed by atoms with Gasteiger partial charge < -0.3 is 0 Å². The first-order chi connectivity index (χ1) is 8.90. The van der Waals surface area contributed by atoms with Gasteiger partial charge in [-0.1, -0.05) is 45.2 Å². The van der Waals surface area contributed by atoms with Gasteiger partial charge in [0.15, 0.2) is 11.0 Å². The summed E-state index contributed by atoms with van der Waals surface area (Å²) in [7, 11) is -3.79. The lowest BCUT2D eigenvalue weighted by molar-refractivity contribution is 0.601. The van der Waals surface area contributed by atoms with Gasteiger partial charge in [-0.2, -0.15) is 0 Å². The summed E-state index contributed by atoms with van der Waals surface area (Å²) in [4.78, 5) is 7.46. The molecule has 0 aliphatic heterocycles. The number of hydrogen-bond donors (Lipinski definition) is 1. The molecule has 0 atom stereocenters. The van der Waals surface area contributed by atoms with E-state index in [0.717, 1.165) is 6.33 Å². The third-order valence-corrected chi connectivity index (χ3v) is 4.66. The highest BCUT2D eigenvalue weighted by Gasteiger charge is 2.18. The largest absolute Gasteiger partial charge is 0.263 e. The molecule has 1 heterocycles. The second-order valence-corrected chi connectivity index (χ2v) is 6.72. The molecule has 0 unspecified atom stereocenters. The standard InChI is InChI=1S/C10H6BrCl2N3O2S/c11-6-2-1-3-7(4-6)19(17,18)16-10-8(12)9(13)14-5-15-10/h1-5H,(H,14,15,16). The van der Waals surface area contributed by atoms with Crippen molar-refractivity contribution in [2.75, 3.05) is 4.72 Å². The van der Waals surface area contributed by atoms with Crippen LogP contribution in [-0.4, -0.2) is 18.4 Å². The number of benzene rings is 1. The van der Waals surface area contributed by atoms with Gasteiger partial charge in [-0.15, -0.1) is 0 Å². The van der Waals surface area contributed by atoms with Gasteiger partial charge in [0, 0.05) is 4.47 Å². The average molecular weight is 383 g/mol. The monoisotopic (exact) mass is 381 g/mol. The minimum Gasteiger partial charge on any atom is -0.262 e. The summed E-state index contributed by atoms with van der Waals surface area (Å²) in [6.45, 7) is 0. The number of sulfonamides is 1. The number of hydrogen-bond acceptors (Lipinski definition) is 4. The molecule has 5 nitrogen and oxygen atoms in total. The van der Waals surface area contributed by atoms with Crippen LogP contribution < -0.4 is 4.72 Å². The average Bonchev–Trinajstić information content (AvgIpc) is 2.35. The molecule has 2 rings (SSSR count). The van der Waals surface area contributed by atoms with Gasteiger partial charge in [-0.05, 0) is 18.2 Å². The van der Waals surface area contributed by atoms with Crippen LogP contribution in [0.5, 0.6) is 0 Å². The highest BCUT2D eigenvalue weighted by Crippen LogP contribution is 2.27. The molecule has 0 saturated carbocycles. The lowest BCUT2D eigenvalue weighted by atomic mass is 10.4. The van der Waals surface area contributed by atoms with Crippen molar-refractivity contribution in [3.05, 3.63) is 45.2 Å². The van der Waals surface area contributed by atoms with E-state index < -0.39 is 10.0 Å². The summed E-state index contributed by atoms with van der Waals surface area (Å²) in [6.07, 6.45) is 1.12. The zero-order chi connectivity index (χ0) is 14.0. The highest BCUT2D eigenvalue weighted by molar-refractivity contribution is 9.10. The summed E-state index contributed by atoms with van der Waals surface area (Å²) in [5.41, 5.74) is 0. The maximum Gasteiger partial charge on any atom is 0.263 e. The van der Waals surface area contributed by atoms with Crippen molar-refractivity contribution in [2.24, 2.45) is 0 Å². The zero-order valence-corrected chi connectivity index (χ0v) is 13.1. The molecular weight excluding hydrogens is 377 g/mol. The van der Waals surface area contributed by atoms with Gasteiger partial charge in [-0.3, -0.25) is 4.72 Å². The maximum absolute atomic E-state index is 12.1. The molecule has 1 N–H and O–H groups in total. The number of anilines is 1. The van der Waals surface area contributed by atoms with E-state index in [1.165, 1.54) is 12.1 Å².